The molecule has 2 heterocycles. The number of hydrogen-bond donors (Lipinski definition) is 2. The van der Waals surface area contributed by atoms with Gasteiger partial charge in [0.15, 0.2) is 0 Å². The van der Waals surface area contributed by atoms with Gasteiger partial charge in [0.1, 0.15) is 12.4 Å². The summed E-state index contributed by atoms with van der Waals surface area (Å²) < 4.78 is 4.78. The van der Waals surface area contributed by atoms with Crippen molar-refractivity contribution in [2.75, 3.05) is 19.0 Å². The number of nitrogens with one attached hydrogen (secondary N) is 2. The lowest BCUT2D eigenvalue weighted by Crippen LogP contribution is -2.17. The number of carbonyl (C=O) groups is 1. The Morgan fingerprint density at radius 1 is 1.19 bits per heavy atom. The molecule has 0 aliphatic heterocycles. The van der Waals surface area contributed by atoms with Gasteiger partial charge in [0, 0.05) is 30.0 Å². The second-order valence-corrected chi connectivity index (χ2v) is 5.94. The van der Waals surface area contributed by atoms with Gasteiger partial charge >= 0.3 is 0 Å². The highest BCUT2D eigenvalue weighted by Gasteiger charge is 2.09. The molecule has 1 aromatic carbocycles. The van der Waals surface area contributed by atoms with E-state index in [4.69, 9.17) is 16.3 Å². The van der Waals surface area contributed by atoms with Gasteiger partial charge in [0.05, 0.1) is 5.69 Å². The Kier molecular flexibility index (Phi) is 5.46. The molecule has 1 amide bonds. The average Bonchev–Trinajstić information content (AvgIpc) is 2.62. The lowest BCUT2D eigenvalue weighted by molar-refractivity contribution is -0.119. The predicted molar refractivity (Wildman–Crippen MR) is 101 cm³/mol. The van der Waals surface area contributed by atoms with Crippen molar-refractivity contribution in [3.05, 3.63) is 70.1 Å². The molecule has 3 rings (SSSR count). The maximum absolute atomic E-state index is 12.1. The van der Waals surface area contributed by atoms with Gasteiger partial charge in [-0.3, -0.25) is 9.59 Å². The van der Waals surface area contributed by atoms with Gasteiger partial charge in [-0.2, -0.15) is 0 Å². The zero-order chi connectivity index (χ0) is 18.5. The molecule has 2 N–H and O–H groups in total. The van der Waals surface area contributed by atoms with Crippen LogP contribution in [0.25, 0.3) is 22.4 Å². The summed E-state index contributed by atoms with van der Waals surface area (Å²) in [5.74, 6) is 0.0731. The Hall–Kier alpha value is -2.96. The lowest BCUT2D eigenvalue weighted by Gasteiger charge is -2.09. The first-order valence-electron chi connectivity index (χ1n) is 7.81. The molecule has 0 unspecified atom stereocenters. The number of halogens is 1. The highest BCUT2D eigenvalue weighted by atomic mass is 35.5. The van der Waals surface area contributed by atoms with Crippen LogP contribution in [0.2, 0.25) is 5.02 Å². The van der Waals surface area contributed by atoms with Gasteiger partial charge in [0.25, 0.3) is 5.91 Å². The minimum absolute atomic E-state index is 0.0619. The second kappa shape index (κ2) is 7.95. The van der Waals surface area contributed by atoms with Gasteiger partial charge < -0.3 is 15.0 Å². The minimum Gasteiger partial charge on any atom is -0.375 e. The summed E-state index contributed by atoms with van der Waals surface area (Å²) in [4.78, 5) is 30.7. The van der Waals surface area contributed by atoms with Crippen LogP contribution in [0.5, 0.6) is 0 Å². The molecule has 0 saturated carbocycles. The molecule has 26 heavy (non-hydrogen) atoms. The number of ether oxygens (including phenoxy) is 1. The monoisotopic (exact) mass is 369 g/mol. The van der Waals surface area contributed by atoms with Crippen LogP contribution in [0.15, 0.2) is 59.5 Å². The van der Waals surface area contributed by atoms with Gasteiger partial charge in [0.2, 0.25) is 5.56 Å². The van der Waals surface area contributed by atoms with Gasteiger partial charge in [-0.15, -0.1) is 0 Å². The fraction of sp³-hybridized carbons (Fsp3) is 0.105. The number of nitrogens with zero attached hydrogens (tertiary/aromatic N) is 1. The number of methoxy groups -OCH3 is 1. The van der Waals surface area contributed by atoms with E-state index in [9.17, 15) is 9.59 Å². The Morgan fingerprint density at radius 3 is 2.77 bits per heavy atom. The number of anilines is 1. The number of pyridine rings is 2. The molecule has 0 saturated heterocycles. The van der Waals surface area contributed by atoms with E-state index in [1.165, 1.54) is 13.2 Å². The third-order valence-corrected chi connectivity index (χ3v) is 3.97. The molecule has 0 bridgehead atoms. The molecule has 2 aromatic heterocycles. The van der Waals surface area contributed by atoms with E-state index in [-0.39, 0.29) is 18.1 Å². The number of benzene rings is 1. The van der Waals surface area contributed by atoms with Crippen molar-refractivity contribution in [1.29, 1.82) is 0 Å². The molecule has 0 aliphatic rings. The first kappa shape index (κ1) is 17.8. The van der Waals surface area contributed by atoms with E-state index < -0.39 is 0 Å². The Bertz CT molecular complexity index is 1000. The van der Waals surface area contributed by atoms with Crippen molar-refractivity contribution in [3.63, 3.8) is 0 Å². The number of rotatable bonds is 5. The molecule has 3 aromatic rings. The molecule has 0 atom stereocenters. The van der Waals surface area contributed by atoms with Crippen molar-refractivity contribution in [3.8, 4) is 22.4 Å². The second-order valence-electron chi connectivity index (χ2n) is 5.54. The SMILES string of the molecule is COCC(=O)Nc1cc(-c2cc(-c3ccccc3Cl)[nH]c(=O)c2)ccn1. The highest BCUT2D eigenvalue weighted by Crippen LogP contribution is 2.28. The fourth-order valence-electron chi connectivity index (χ4n) is 2.52. The highest BCUT2D eigenvalue weighted by molar-refractivity contribution is 6.33. The van der Waals surface area contributed by atoms with Crippen molar-refractivity contribution in [2.45, 2.75) is 0 Å². The molecule has 6 nitrogen and oxygen atoms in total. The number of aromatic amines is 1. The largest absolute Gasteiger partial charge is 0.375 e. The van der Waals surface area contributed by atoms with Crippen LogP contribution in [0.3, 0.4) is 0 Å². The zero-order valence-corrected chi connectivity index (χ0v) is 14.7. The molecule has 0 fully saturated rings. The summed E-state index contributed by atoms with van der Waals surface area (Å²) in [6, 6.07) is 14.0. The minimum atomic E-state index is -0.306. The van der Waals surface area contributed by atoms with Crippen LogP contribution in [0.1, 0.15) is 0 Å². The third kappa shape index (κ3) is 4.17. The Labute approximate surface area is 154 Å². The maximum atomic E-state index is 12.1. The predicted octanol–water partition coefficient (Wildman–Crippen LogP) is 3.34. The van der Waals surface area contributed by atoms with Crippen molar-refractivity contribution < 1.29 is 9.53 Å². The van der Waals surface area contributed by atoms with E-state index in [0.29, 0.717) is 22.1 Å². The van der Waals surface area contributed by atoms with Crippen molar-refractivity contribution in [1.82, 2.24) is 9.97 Å². The van der Waals surface area contributed by atoms with E-state index in [2.05, 4.69) is 15.3 Å². The van der Waals surface area contributed by atoms with E-state index >= 15 is 0 Å². The quantitative estimate of drug-likeness (QED) is 0.722. The Morgan fingerprint density at radius 2 is 2.00 bits per heavy atom. The average molecular weight is 370 g/mol. The zero-order valence-electron chi connectivity index (χ0n) is 14.0. The van der Waals surface area contributed by atoms with Crippen LogP contribution >= 0.6 is 11.6 Å². The summed E-state index contributed by atoms with van der Waals surface area (Å²) in [5.41, 5.74) is 2.52. The summed E-state index contributed by atoms with van der Waals surface area (Å²) in [6.45, 7) is -0.0619. The summed E-state index contributed by atoms with van der Waals surface area (Å²) in [6.07, 6.45) is 1.56. The smallest absolute Gasteiger partial charge is 0.251 e. The van der Waals surface area contributed by atoms with Gasteiger partial charge in [-0.05, 0) is 35.4 Å². The molecule has 0 aliphatic carbocycles. The van der Waals surface area contributed by atoms with Crippen LogP contribution in [0, 0.1) is 0 Å². The van der Waals surface area contributed by atoms with E-state index in [0.717, 1.165) is 11.1 Å². The number of carbonyl (C=O) groups excluding carboxylic acids is 1. The molecular weight excluding hydrogens is 354 g/mol. The van der Waals surface area contributed by atoms with Crippen molar-refractivity contribution in [2.24, 2.45) is 0 Å². The van der Waals surface area contributed by atoms with E-state index in [1.54, 1.807) is 24.4 Å². The molecular formula is C19H16ClN3O3. The fourth-order valence-corrected chi connectivity index (χ4v) is 2.76. The van der Waals surface area contributed by atoms with Gasteiger partial charge in [-0.25, -0.2) is 4.98 Å². The standard InChI is InChI=1S/C19H16ClN3O3/c1-26-11-19(25)23-17-9-12(6-7-21-17)13-8-16(22-18(24)10-13)14-4-2-3-5-15(14)20/h2-10H,11H2,1H3,(H,22,24)(H,21,23,25). The lowest BCUT2D eigenvalue weighted by atomic mass is 10.0. The number of hydrogen-bond acceptors (Lipinski definition) is 4. The maximum Gasteiger partial charge on any atom is 0.251 e. The molecule has 0 spiro atoms. The summed E-state index contributed by atoms with van der Waals surface area (Å²) in [7, 11) is 1.44. The first-order chi connectivity index (χ1) is 12.6. The normalized spacial score (nSPS) is 10.5. The van der Waals surface area contributed by atoms with Crippen LogP contribution in [-0.4, -0.2) is 29.6 Å². The van der Waals surface area contributed by atoms with Gasteiger partial charge in [-0.1, -0.05) is 29.8 Å². The van der Waals surface area contributed by atoms with Crippen molar-refractivity contribution >= 4 is 23.3 Å². The summed E-state index contributed by atoms with van der Waals surface area (Å²) >= 11 is 6.23. The molecule has 0 radical (unpaired) electrons. The summed E-state index contributed by atoms with van der Waals surface area (Å²) in [5, 5.41) is 3.18. The van der Waals surface area contributed by atoms with Crippen LogP contribution in [0.4, 0.5) is 5.82 Å². The first-order valence-corrected chi connectivity index (χ1v) is 8.19. The number of aromatic nitrogens is 2. The Balaban J connectivity index is 1.99. The molecule has 7 heteroatoms. The third-order valence-electron chi connectivity index (χ3n) is 3.64. The van der Waals surface area contributed by atoms with Crippen LogP contribution in [-0.2, 0) is 9.53 Å². The molecule has 132 valence electrons. The number of amides is 1. The number of H-pyrrole nitrogens is 1. The van der Waals surface area contributed by atoms with E-state index in [1.807, 2.05) is 24.3 Å². The van der Waals surface area contributed by atoms with Crippen LogP contribution < -0.4 is 10.9 Å². The topological polar surface area (TPSA) is 84.1 Å².